The summed E-state index contributed by atoms with van der Waals surface area (Å²) in [5.41, 5.74) is -0.718. The van der Waals surface area contributed by atoms with Crippen LogP contribution in [0.3, 0.4) is 0 Å². The van der Waals surface area contributed by atoms with Gasteiger partial charge in [-0.25, -0.2) is 4.79 Å². The Kier molecular flexibility index (Phi) is 4.09. The van der Waals surface area contributed by atoms with Crippen molar-refractivity contribution in [2.75, 3.05) is 0 Å². The number of phenols is 1. The minimum absolute atomic E-state index is 0.103. The van der Waals surface area contributed by atoms with Crippen molar-refractivity contribution in [3.05, 3.63) is 42.5 Å². The third-order valence-electron chi connectivity index (χ3n) is 2.55. The molecule has 0 aliphatic rings. The second-order valence-electron chi connectivity index (χ2n) is 4.17. The Balaban J connectivity index is 2.92. The lowest BCUT2D eigenvalue weighted by molar-refractivity contribution is -0.146. The van der Waals surface area contributed by atoms with Gasteiger partial charge in [0.25, 0.3) is 0 Å². The van der Waals surface area contributed by atoms with Gasteiger partial charge in [0.2, 0.25) is 5.91 Å². The fourth-order valence-electron chi connectivity index (χ4n) is 1.52. The molecule has 0 aliphatic heterocycles. The summed E-state index contributed by atoms with van der Waals surface area (Å²) in [6, 6.07) is 6.15. The second kappa shape index (κ2) is 5.35. The van der Waals surface area contributed by atoms with E-state index in [2.05, 4.69) is 11.9 Å². The van der Waals surface area contributed by atoms with E-state index in [1.54, 1.807) is 12.1 Å². The van der Waals surface area contributed by atoms with Gasteiger partial charge in [0.05, 0.1) is 0 Å². The smallest absolute Gasteiger partial charge is 0.329 e. The van der Waals surface area contributed by atoms with Crippen LogP contribution in [0.2, 0.25) is 0 Å². The number of nitrogens with one attached hydrogen (secondary N) is 1. The third-order valence-corrected chi connectivity index (χ3v) is 2.55. The van der Waals surface area contributed by atoms with E-state index in [0.29, 0.717) is 5.56 Å². The highest BCUT2D eigenvalue weighted by molar-refractivity contribution is 5.92. The number of carboxylic acids is 1. The number of phenolic OH excluding ortho intramolecular Hbond substituents is 1. The molecule has 5 heteroatoms. The maximum Gasteiger partial charge on any atom is 0.329 e. The minimum Gasteiger partial charge on any atom is -0.508 e. The summed E-state index contributed by atoms with van der Waals surface area (Å²) in [5.74, 6) is -1.57. The number of benzene rings is 1. The molecule has 1 unspecified atom stereocenters. The third kappa shape index (κ3) is 3.35. The fraction of sp³-hybridized carbons (Fsp3) is 0.231. The predicted octanol–water partition coefficient (Wildman–Crippen LogP) is 1.08. The van der Waals surface area contributed by atoms with Gasteiger partial charge in [-0.05, 0) is 30.7 Å². The van der Waals surface area contributed by atoms with Crippen LogP contribution in [0.1, 0.15) is 12.5 Å². The predicted molar refractivity (Wildman–Crippen MR) is 66.2 cm³/mol. The number of carbonyl (C=O) groups is 2. The molecular weight excluding hydrogens is 234 g/mol. The van der Waals surface area contributed by atoms with Crippen LogP contribution in [0.5, 0.6) is 5.75 Å². The molecular formula is C13H15NO4. The number of amides is 1. The average molecular weight is 249 g/mol. The molecule has 1 aromatic rings. The number of carboxylic acid groups (broad SMARTS) is 1. The molecule has 0 saturated carbocycles. The molecule has 0 heterocycles. The fourth-order valence-corrected chi connectivity index (χ4v) is 1.52. The highest BCUT2D eigenvalue weighted by Crippen LogP contribution is 2.17. The van der Waals surface area contributed by atoms with Gasteiger partial charge in [-0.1, -0.05) is 18.7 Å². The van der Waals surface area contributed by atoms with Crippen LogP contribution in [0.25, 0.3) is 0 Å². The summed E-state index contributed by atoms with van der Waals surface area (Å²) < 4.78 is 0. The highest BCUT2D eigenvalue weighted by atomic mass is 16.4. The van der Waals surface area contributed by atoms with E-state index >= 15 is 0 Å². The van der Waals surface area contributed by atoms with E-state index in [-0.39, 0.29) is 12.2 Å². The van der Waals surface area contributed by atoms with Crippen LogP contribution in [-0.2, 0) is 16.0 Å². The Morgan fingerprint density at radius 1 is 1.39 bits per heavy atom. The Labute approximate surface area is 105 Å². The molecule has 0 radical (unpaired) electrons. The molecule has 1 amide bonds. The normalized spacial score (nSPS) is 13.4. The molecule has 1 aromatic carbocycles. The van der Waals surface area contributed by atoms with Crippen molar-refractivity contribution in [2.24, 2.45) is 0 Å². The Bertz CT molecular complexity index is 466. The van der Waals surface area contributed by atoms with Crippen LogP contribution < -0.4 is 5.32 Å². The van der Waals surface area contributed by atoms with Crippen molar-refractivity contribution >= 4 is 11.9 Å². The van der Waals surface area contributed by atoms with Crippen LogP contribution in [0.15, 0.2) is 36.9 Å². The first-order valence-corrected chi connectivity index (χ1v) is 5.33. The zero-order chi connectivity index (χ0) is 13.8. The summed E-state index contributed by atoms with van der Waals surface area (Å²) in [6.07, 6.45) is 1.14. The van der Waals surface area contributed by atoms with E-state index in [4.69, 9.17) is 5.11 Å². The maximum absolute atomic E-state index is 11.2. The molecule has 96 valence electrons. The van der Waals surface area contributed by atoms with Crippen molar-refractivity contribution in [3.8, 4) is 5.75 Å². The van der Waals surface area contributed by atoms with Gasteiger partial charge in [-0.3, -0.25) is 4.79 Å². The summed E-state index contributed by atoms with van der Waals surface area (Å²) >= 11 is 0. The van der Waals surface area contributed by atoms with Crippen LogP contribution in [-0.4, -0.2) is 27.6 Å². The molecule has 1 rings (SSSR count). The SMILES string of the molecule is C=CC(=O)NC(C)(Cc1ccc(O)cc1)C(=O)O. The molecule has 0 aliphatic carbocycles. The van der Waals surface area contributed by atoms with Crippen molar-refractivity contribution in [1.29, 1.82) is 0 Å². The van der Waals surface area contributed by atoms with Crippen molar-refractivity contribution in [2.45, 2.75) is 18.9 Å². The molecule has 0 bridgehead atoms. The monoisotopic (exact) mass is 249 g/mol. The van der Waals surface area contributed by atoms with Gasteiger partial charge in [0, 0.05) is 6.42 Å². The lowest BCUT2D eigenvalue weighted by Gasteiger charge is -2.25. The van der Waals surface area contributed by atoms with Gasteiger partial charge in [0.1, 0.15) is 11.3 Å². The van der Waals surface area contributed by atoms with E-state index in [9.17, 15) is 14.7 Å². The summed E-state index contributed by atoms with van der Waals surface area (Å²) in [7, 11) is 0. The first-order chi connectivity index (χ1) is 8.37. The van der Waals surface area contributed by atoms with Crippen molar-refractivity contribution < 1.29 is 19.8 Å². The Morgan fingerprint density at radius 2 is 1.94 bits per heavy atom. The van der Waals surface area contributed by atoms with Crippen molar-refractivity contribution in [1.82, 2.24) is 5.32 Å². The number of hydrogen-bond acceptors (Lipinski definition) is 3. The van der Waals surface area contributed by atoms with Gasteiger partial charge >= 0.3 is 5.97 Å². The van der Waals surface area contributed by atoms with E-state index in [0.717, 1.165) is 6.08 Å². The molecule has 5 nitrogen and oxygen atoms in total. The van der Waals surface area contributed by atoms with Gasteiger partial charge in [-0.2, -0.15) is 0 Å². The average Bonchev–Trinajstić information content (AvgIpc) is 2.31. The number of rotatable bonds is 5. The molecule has 3 N–H and O–H groups in total. The lowest BCUT2D eigenvalue weighted by atomic mass is 9.92. The van der Waals surface area contributed by atoms with E-state index in [1.807, 2.05) is 0 Å². The quantitative estimate of drug-likeness (QED) is 0.681. The first-order valence-electron chi connectivity index (χ1n) is 5.33. The summed E-state index contributed by atoms with van der Waals surface area (Å²) in [6.45, 7) is 4.70. The summed E-state index contributed by atoms with van der Waals surface area (Å²) in [4.78, 5) is 22.5. The zero-order valence-electron chi connectivity index (χ0n) is 10.0. The number of carbonyl (C=O) groups excluding carboxylic acids is 1. The molecule has 0 saturated heterocycles. The maximum atomic E-state index is 11.2. The standard InChI is InChI=1S/C13H15NO4/c1-3-11(16)14-13(2,12(17)18)8-9-4-6-10(15)7-5-9/h3-7,15H,1,8H2,2H3,(H,14,16)(H,17,18). The highest BCUT2D eigenvalue weighted by Gasteiger charge is 2.34. The zero-order valence-corrected chi connectivity index (χ0v) is 10.0. The topological polar surface area (TPSA) is 86.6 Å². The lowest BCUT2D eigenvalue weighted by Crippen LogP contribution is -2.53. The number of hydrogen-bond donors (Lipinski definition) is 3. The minimum atomic E-state index is -1.41. The Hall–Kier alpha value is -2.30. The summed E-state index contributed by atoms with van der Waals surface area (Å²) in [5, 5.41) is 20.7. The Morgan fingerprint density at radius 3 is 2.39 bits per heavy atom. The molecule has 18 heavy (non-hydrogen) atoms. The molecule has 0 fully saturated rings. The van der Waals surface area contributed by atoms with E-state index < -0.39 is 17.4 Å². The van der Waals surface area contributed by atoms with Gasteiger partial charge in [-0.15, -0.1) is 0 Å². The first kappa shape index (κ1) is 13.8. The molecule has 0 aromatic heterocycles. The van der Waals surface area contributed by atoms with Crippen molar-refractivity contribution in [3.63, 3.8) is 0 Å². The second-order valence-corrected chi connectivity index (χ2v) is 4.17. The van der Waals surface area contributed by atoms with Crippen LogP contribution in [0.4, 0.5) is 0 Å². The number of aromatic hydroxyl groups is 1. The molecule has 1 atom stereocenters. The number of aliphatic carboxylic acids is 1. The van der Waals surface area contributed by atoms with Gasteiger partial charge < -0.3 is 15.5 Å². The van der Waals surface area contributed by atoms with Gasteiger partial charge in [0.15, 0.2) is 0 Å². The molecule has 0 spiro atoms. The largest absolute Gasteiger partial charge is 0.508 e. The van der Waals surface area contributed by atoms with Crippen LogP contribution >= 0.6 is 0 Å². The van der Waals surface area contributed by atoms with Crippen LogP contribution in [0, 0.1) is 0 Å². The van der Waals surface area contributed by atoms with E-state index in [1.165, 1.54) is 19.1 Å².